The fourth-order valence-corrected chi connectivity index (χ4v) is 3.85. The first-order valence-corrected chi connectivity index (χ1v) is 10.5. The van der Waals surface area contributed by atoms with E-state index in [4.69, 9.17) is 5.11 Å². The Kier molecular flexibility index (Phi) is 9.46. The maximum absolute atomic E-state index is 12.3. The summed E-state index contributed by atoms with van der Waals surface area (Å²) in [7, 11) is -4.08. The Morgan fingerprint density at radius 3 is 2.22 bits per heavy atom. The van der Waals surface area contributed by atoms with Gasteiger partial charge in [0.1, 0.15) is 6.07 Å². The topological polar surface area (TPSA) is 114 Å². The molecular weight excluding hydrogens is 366 g/mol. The Balaban J connectivity index is 3.12. The predicted octanol–water partition coefficient (Wildman–Crippen LogP) is 1.84. The first-order valence-electron chi connectivity index (χ1n) is 9.05. The average Bonchev–Trinajstić information content (AvgIpc) is 2.66. The molecule has 0 bridgehead atoms. The summed E-state index contributed by atoms with van der Waals surface area (Å²) in [6, 6.07) is 9.19. The molecule has 0 aliphatic rings. The van der Waals surface area contributed by atoms with Crippen LogP contribution in [0.5, 0.6) is 0 Å². The summed E-state index contributed by atoms with van der Waals surface area (Å²) in [5, 5.41) is 27.5. The molecule has 1 unspecified atom stereocenters. The summed E-state index contributed by atoms with van der Waals surface area (Å²) in [5.74, 6) is 0. The van der Waals surface area contributed by atoms with E-state index < -0.39 is 27.6 Å². The van der Waals surface area contributed by atoms with Crippen LogP contribution in [0.3, 0.4) is 0 Å². The second kappa shape index (κ2) is 11.0. The van der Waals surface area contributed by atoms with Gasteiger partial charge < -0.3 is 15.1 Å². The zero-order chi connectivity index (χ0) is 20.4. The Morgan fingerprint density at radius 2 is 1.78 bits per heavy atom. The fraction of sp³-hybridized carbons (Fsp3) is 0.526. The van der Waals surface area contributed by atoms with Gasteiger partial charge in [0.25, 0.3) is 10.0 Å². The van der Waals surface area contributed by atoms with Crippen LogP contribution in [0.1, 0.15) is 39.2 Å². The molecule has 3 N–H and O–H groups in total. The smallest absolute Gasteiger partial charge is 0.251 e. The number of aliphatic hydroxyl groups is 2. The largest absolute Gasteiger partial charge is 0.394 e. The van der Waals surface area contributed by atoms with E-state index in [1.165, 1.54) is 0 Å². The molecule has 0 saturated heterocycles. The lowest BCUT2D eigenvalue weighted by atomic mass is 10.1. The van der Waals surface area contributed by atoms with Crippen LogP contribution in [0.4, 0.5) is 5.69 Å². The Bertz CT molecular complexity index is 761. The van der Waals surface area contributed by atoms with Gasteiger partial charge in [-0.15, -0.1) is 0 Å². The molecule has 0 saturated carbocycles. The molecule has 7 nitrogen and oxygen atoms in total. The van der Waals surface area contributed by atoms with E-state index in [1.807, 2.05) is 12.1 Å². The number of aliphatic hydroxyl groups excluding tert-OH is 2. The van der Waals surface area contributed by atoms with E-state index >= 15 is 0 Å². The van der Waals surface area contributed by atoms with Crippen molar-refractivity contribution in [2.24, 2.45) is 0 Å². The van der Waals surface area contributed by atoms with Gasteiger partial charge in [0.15, 0.2) is 4.91 Å². The minimum absolute atomic E-state index is 0.326. The summed E-state index contributed by atoms with van der Waals surface area (Å²) in [5.41, 5.74) is 2.02. The van der Waals surface area contributed by atoms with Crippen molar-refractivity contribution in [2.75, 3.05) is 31.1 Å². The number of rotatable bonds is 11. The zero-order valence-corrected chi connectivity index (χ0v) is 17.0. The number of nitrogens with zero attached hydrogens (tertiary/aromatic N) is 2. The van der Waals surface area contributed by atoms with Crippen molar-refractivity contribution < 1.29 is 18.6 Å². The molecule has 1 atom stereocenters. The Morgan fingerprint density at radius 1 is 1.22 bits per heavy atom. The number of hydrogen-bond donors (Lipinski definition) is 3. The summed E-state index contributed by atoms with van der Waals surface area (Å²) < 4.78 is 26.8. The maximum atomic E-state index is 12.3. The lowest BCUT2D eigenvalue weighted by Crippen LogP contribution is -2.34. The molecule has 0 radical (unpaired) electrons. The van der Waals surface area contributed by atoms with E-state index in [0.717, 1.165) is 31.6 Å². The third-order valence-electron chi connectivity index (χ3n) is 4.08. The molecule has 1 aromatic rings. The molecule has 0 spiro atoms. The van der Waals surface area contributed by atoms with Gasteiger partial charge >= 0.3 is 0 Å². The number of anilines is 1. The third-order valence-corrected chi connectivity index (χ3v) is 5.56. The number of sulfonamides is 1. The molecule has 1 rings (SSSR count). The molecular formula is C19H29N3O4S. The number of nitriles is 1. The summed E-state index contributed by atoms with van der Waals surface area (Å²) >= 11 is 0. The first kappa shape index (κ1) is 23.1. The molecule has 0 fully saturated rings. The quantitative estimate of drug-likeness (QED) is 0.493. The van der Waals surface area contributed by atoms with Crippen LogP contribution in [-0.2, 0) is 10.0 Å². The van der Waals surface area contributed by atoms with Crippen LogP contribution in [-0.4, -0.2) is 51.0 Å². The molecule has 0 amide bonds. The van der Waals surface area contributed by atoms with Crippen LogP contribution in [0.25, 0.3) is 5.57 Å². The van der Waals surface area contributed by atoms with Gasteiger partial charge in [-0.1, -0.05) is 26.0 Å². The maximum Gasteiger partial charge on any atom is 0.251 e. The van der Waals surface area contributed by atoms with Crippen LogP contribution in [0.15, 0.2) is 29.2 Å². The Labute approximate surface area is 162 Å². The van der Waals surface area contributed by atoms with Gasteiger partial charge in [-0.2, -0.15) is 5.26 Å². The molecule has 0 aliphatic carbocycles. The van der Waals surface area contributed by atoms with E-state index in [1.54, 1.807) is 25.1 Å². The minimum Gasteiger partial charge on any atom is -0.394 e. The number of hydrogen-bond acceptors (Lipinski definition) is 6. The van der Waals surface area contributed by atoms with Crippen molar-refractivity contribution in [3.63, 3.8) is 0 Å². The van der Waals surface area contributed by atoms with Crippen LogP contribution < -0.4 is 9.62 Å². The molecule has 150 valence electrons. The van der Waals surface area contributed by atoms with Crippen molar-refractivity contribution in [3.8, 4) is 6.07 Å². The van der Waals surface area contributed by atoms with Crippen molar-refractivity contribution in [2.45, 2.75) is 39.7 Å². The Hall–Kier alpha value is -1.92. The van der Waals surface area contributed by atoms with Crippen LogP contribution >= 0.6 is 0 Å². The molecule has 27 heavy (non-hydrogen) atoms. The second-order valence-electron chi connectivity index (χ2n) is 6.29. The number of nitrogens with one attached hydrogen (secondary N) is 1. The molecule has 0 aliphatic heterocycles. The lowest BCUT2D eigenvalue weighted by Gasteiger charge is -2.24. The lowest BCUT2D eigenvalue weighted by molar-refractivity contribution is 0.0989. The average molecular weight is 396 g/mol. The normalized spacial score (nSPS) is 13.6. The van der Waals surface area contributed by atoms with E-state index in [-0.39, 0.29) is 6.54 Å². The van der Waals surface area contributed by atoms with Crippen LogP contribution in [0, 0.1) is 11.3 Å². The highest BCUT2D eigenvalue weighted by atomic mass is 32.2. The highest BCUT2D eigenvalue weighted by molar-refractivity contribution is 7.93. The van der Waals surface area contributed by atoms with Crippen molar-refractivity contribution in [1.82, 2.24) is 4.72 Å². The molecule has 8 heteroatoms. The third kappa shape index (κ3) is 6.63. The monoisotopic (exact) mass is 395 g/mol. The van der Waals surface area contributed by atoms with Crippen molar-refractivity contribution in [1.29, 1.82) is 5.26 Å². The van der Waals surface area contributed by atoms with E-state index in [0.29, 0.717) is 11.1 Å². The van der Waals surface area contributed by atoms with E-state index in [9.17, 15) is 18.8 Å². The summed E-state index contributed by atoms with van der Waals surface area (Å²) in [6.45, 7) is 6.77. The SMILES string of the molecule is CCCN(CCC)c1ccc(C(C)=C(C#N)S(=O)(=O)NCC(O)CO)cc1. The van der Waals surface area contributed by atoms with Gasteiger partial charge in [-0.25, -0.2) is 13.1 Å². The predicted molar refractivity (Wildman–Crippen MR) is 107 cm³/mol. The fourth-order valence-electron chi connectivity index (χ4n) is 2.65. The summed E-state index contributed by atoms with van der Waals surface area (Å²) in [6.07, 6.45) is 0.841. The van der Waals surface area contributed by atoms with Gasteiger partial charge in [0, 0.05) is 25.3 Å². The molecule has 0 heterocycles. The van der Waals surface area contributed by atoms with Gasteiger partial charge in [0.2, 0.25) is 0 Å². The molecule has 0 aromatic heterocycles. The second-order valence-corrected chi connectivity index (χ2v) is 7.99. The highest BCUT2D eigenvalue weighted by Gasteiger charge is 2.22. The van der Waals surface area contributed by atoms with E-state index in [2.05, 4.69) is 23.5 Å². The number of allylic oxidation sites excluding steroid dienone is 2. The first-order chi connectivity index (χ1) is 12.8. The van der Waals surface area contributed by atoms with Gasteiger partial charge in [-0.3, -0.25) is 0 Å². The molecule has 1 aromatic carbocycles. The van der Waals surface area contributed by atoms with Gasteiger partial charge in [0.05, 0.1) is 12.7 Å². The van der Waals surface area contributed by atoms with Gasteiger partial charge in [-0.05, 0) is 43.0 Å². The van der Waals surface area contributed by atoms with Crippen molar-refractivity contribution in [3.05, 3.63) is 34.7 Å². The standard InChI is InChI=1S/C19H29N3O4S/c1-4-10-22(11-5-2)17-8-6-16(7-9-17)15(3)19(12-20)27(25,26)21-13-18(24)14-23/h6-9,18,21,23-24H,4-5,10-11,13-14H2,1-3H3. The van der Waals surface area contributed by atoms with Crippen LogP contribution in [0.2, 0.25) is 0 Å². The summed E-state index contributed by atoms with van der Waals surface area (Å²) in [4.78, 5) is 1.86. The number of benzene rings is 1. The zero-order valence-electron chi connectivity index (χ0n) is 16.1. The highest BCUT2D eigenvalue weighted by Crippen LogP contribution is 2.24. The van der Waals surface area contributed by atoms with Crippen molar-refractivity contribution >= 4 is 21.3 Å². The minimum atomic E-state index is -4.08.